The molecule has 4 aromatic rings. The number of hydrogen-bond donors (Lipinski definition) is 1. The molecule has 10 nitrogen and oxygen atoms in total. The fourth-order valence-electron chi connectivity index (χ4n) is 9.78. The Morgan fingerprint density at radius 3 is 2.31 bits per heavy atom. The minimum Gasteiger partial charge on any atom is -0.497 e. The van der Waals surface area contributed by atoms with E-state index in [0.29, 0.717) is 23.9 Å². The van der Waals surface area contributed by atoms with Crippen LogP contribution in [0.25, 0.3) is 33.8 Å². The highest BCUT2D eigenvalue weighted by Gasteiger charge is 2.43. The van der Waals surface area contributed by atoms with E-state index in [0.717, 1.165) is 96.1 Å². The Labute approximate surface area is 319 Å². The zero-order valence-corrected chi connectivity index (χ0v) is 33.2. The summed E-state index contributed by atoms with van der Waals surface area (Å²) < 4.78 is 37.9. The van der Waals surface area contributed by atoms with E-state index in [1.54, 1.807) is 33.2 Å². The summed E-state index contributed by atoms with van der Waals surface area (Å²) >= 11 is 0. The van der Waals surface area contributed by atoms with Gasteiger partial charge in [-0.25, -0.2) is 13.1 Å². The summed E-state index contributed by atoms with van der Waals surface area (Å²) in [6, 6.07) is 12.3. The van der Waals surface area contributed by atoms with E-state index in [1.165, 1.54) is 12.0 Å². The van der Waals surface area contributed by atoms with Gasteiger partial charge in [0, 0.05) is 40.2 Å². The number of allylic oxidation sites excluding steroid dienone is 1. The Morgan fingerprint density at radius 2 is 1.65 bits per heavy atom. The van der Waals surface area contributed by atoms with Gasteiger partial charge in [0.05, 0.1) is 42.1 Å². The maximum atomic E-state index is 14.8. The first-order valence-corrected chi connectivity index (χ1v) is 21.4. The molecule has 2 aromatic heterocycles. The topological polar surface area (TPSA) is 116 Å². The molecule has 2 atom stereocenters. The van der Waals surface area contributed by atoms with E-state index in [9.17, 15) is 18.0 Å². The molecule has 2 saturated heterocycles. The lowest BCUT2D eigenvalue weighted by Gasteiger charge is -2.38. The maximum Gasteiger partial charge on any atom is 0.264 e. The monoisotopic (exact) mass is 751 g/mol. The van der Waals surface area contributed by atoms with Gasteiger partial charge in [0.15, 0.2) is 0 Å². The molecule has 2 aromatic carbocycles. The smallest absolute Gasteiger partial charge is 0.264 e. The number of aromatic nitrogens is 3. The fourth-order valence-corrected chi connectivity index (χ4v) is 10.4. The number of carbonyl (C=O) groups is 2. The molecule has 0 radical (unpaired) electrons. The lowest BCUT2D eigenvalue weighted by molar-refractivity contribution is 0.0537. The summed E-state index contributed by atoms with van der Waals surface area (Å²) in [5, 5.41) is 5.20. The molecular weight excluding hydrogens is 699 g/mol. The average molecular weight is 752 g/mol. The van der Waals surface area contributed by atoms with Crippen molar-refractivity contribution in [2.75, 3.05) is 7.11 Å². The van der Waals surface area contributed by atoms with Crippen LogP contribution in [0.4, 0.5) is 0 Å². The largest absolute Gasteiger partial charge is 0.497 e. The molecule has 54 heavy (non-hydrogen) atoms. The van der Waals surface area contributed by atoms with Gasteiger partial charge < -0.3 is 14.2 Å². The number of methoxy groups -OCH3 is 1. The molecule has 1 aliphatic carbocycles. The van der Waals surface area contributed by atoms with Crippen molar-refractivity contribution in [3.63, 3.8) is 0 Å². The highest BCUT2D eigenvalue weighted by atomic mass is 32.2. The van der Waals surface area contributed by atoms with Crippen LogP contribution in [0.15, 0.2) is 42.6 Å². The maximum absolute atomic E-state index is 14.8. The van der Waals surface area contributed by atoms with Crippen LogP contribution in [0.3, 0.4) is 0 Å². The van der Waals surface area contributed by atoms with Crippen molar-refractivity contribution in [1.82, 2.24) is 24.0 Å². The van der Waals surface area contributed by atoms with Crippen molar-refractivity contribution in [3.8, 4) is 17.0 Å². The van der Waals surface area contributed by atoms with Gasteiger partial charge in [-0.2, -0.15) is 5.10 Å². The van der Waals surface area contributed by atoms with Crippen LogP contribution in [-0.2, 0) is 16.6 Å². The first kappa shape index (κ1) is 36.6. The highest BCUT2D eigenvalue weighted by Crippen LogP contribution is 2.48. The van der Waals surface area contributed by atoms with Gasteiger partial charge in [0.1, 0.15) is 5.75 Å². The Kier molecular flexibility index (Phi) is 9.51. The molecule has 5 heterocycles. The molecule has 0 spiro atoms. The molecule has 1 saturated carbocycles. The molecule has 1 N–H and O–H groups in total. The fraction of sp³-hybridized carbons (Fsp3) is 0.512. The van der Waals surface area contributed by atoms with Gasteiger partial charge in [-0.15, -0.1) is 0 Å². The number of hydrogen-bond acceptors (Lipinski definition) is 6. The van der Waals surface area contributed by atoms with Crippen LogP contribution in [0.1, 0.15) is 142 Å². The molecular formula is C43H53N5O5S. The second-order valence-electron chi connectivity index (χ2n) is 16.7. The minimum atomic E-state index is -3.83. The van der Waals surface area contributed by atoms with Gasteiger partial charge in [-0.05, 0) is 131 Å². The van der Waals surface area contributed by atoms with Crippen LogP contribution in [-0.4, -0.2) is 63.9 Å². The summed E-state index contributed by atoms with van der Waals surface area (Å²) in [7, 11) is -2.16. The number of benzene rings is 2. The van der Waals surface area contributed by atoms with E-state index < -0.39 is 21.2 Å². The van der Waals surface area contributed by atoms with Crippen molar-refractivity contribution in [2.24, 2.45) is 5.92 Å². The van der Waals surface area contributed by atoms with Crippen molar-refractivity contribution < 1.29 is 22.7 Å². The molecule has 286 valence electrons. The van der Waals surface area contributed by atoms with E-state index in [4.69, 9.17) is 9.84 Å². The Bertz CT molecular complexity index is 2260. The summed E-state index contributed by atoms with van der Waals surface area (Å²) in [6.45, 7) is 10.0. The Morgan fingerprint density at radius 1 is 0.926 bits per heavy atom. The lowest BCUT2D eigenvalue weighted by atomic mass is 9.81. The molecule has 11 heteroatoms. The molecule has 2 amide bonds. The van der Waals surface area contributed by atoms with Crippen LogP contribution in [0.2, 0.25) is 0 Å². The number of piperidine rings is 1. The number of amides is 2. The van der Waals surface area contributed by atoms with E-state index in [-0.39, 0.29) is 29.6 Å². The first-order chi connectivity index (χ1) is 25.9. The summed E-state index contributed by atoms with van der Waals surface area (Å²) in [5.74, 6) is 1.08. The third-order valence-electron chi connectivity index (χ3n) is 12.4. The third-order valence-corrected chi connectivity index (χ3v) is 14.1. The van der Waals surface area contributed by atoms with Crippen LogP contribution in [0.5, 0.6) is 5.75 Å². The molecule has 3 aliphatic heterocycles. The number of rotatable bonds is 8. The van der Waals surface area contributed by atoms with E-state index in [1.807, 2.05) is 22.9 Å². The standard InChI is InChI=1S/C43H53N5O5S/c1-25(2)48-40(37(23-44-48)43(50)47-32-13-14-33(47)19-27(5)18-32)31-20-30-21-34(53-6)15-17-35(30)41-39(28-10-8-7-9-11-28)36-16-12-29(22-38(36)46(41)24-31)42(49)45-54(51,52)26(3)4/h12,15-17,20-23,25-28,32-33H,7-11,13-14,18-19,24H2,1-6H3,(H,45,49). The summed E-state index contributed by atoms with van der Waals surface area (Å²) in [5.41, 5.74) is 7.93. The number of ether oxygens (including phenoxy) is 1. The van der Waals surface area contributed by atoms with Gasteiger partial charge in [0.25, 0.3) is 11.8 Å². The average Bonchev–Trinajstić information content (AvgIpc) is 3.77. The number of fused-ring (bicyclic) bond motifs is 7. The van der Waals surface area contributed by atoms with Gasteiger partial charge in [-0.1, -0.05) is 32.3 Å². The van der Waals surface area contributed by atoms with Crippen molar-refractivity contribution in [3.05, 3.63) is 70.5 Å². The SMILES string of the molecule is COc1ccc2c(c1)C=C(c1c(C(=O)N3C4CCC3CC(C)C4)cnn1C(C)C)Cn1c-2c(C2CCCCC2)c2ccc(C(=O)NS(=O)(=O)C(C)C)cc21. The van der Waals surface area contributed by atoms with E-state index >= 15 is 0 Å². The lowest BCUT2D eigenvalue weighted by Crippen LogP contribution is -2.46. The number of carbonyl (C=O) groups excluding carboxylic acids is 2. The molecule has 2 unspecified atom stereocenters. The third kappa shape index (κ3) is 6.26. The quantitative estimate of drug-likeness (QED) is 0.193. The second kappa shape index (κ2) is 14.0. The van der Waals surface area contributed by atoms with Gasteiger partial charge in [-0.3, -0.25) is 14.3 Å². The van der Waals surface area contributed by atoms with Crippen molar-refractivity contribution in [2.45, 2.75) is 128 Å². The number of nitrogens with zero attached hydrogens (tertiary/aromatic N) is 4. The van der Waals surface area contributed by atoms with Crippen LogP contribution >= 0.6 is 0 Å². The van der Waals surface area contributed by atoms with Gasteiger partial charge in [0.2, 0.25) is 10.0 Å². The predicted octanol–water partition coefficient (Wildman–Crippen LogP) is 8.57. The first-order valence-electron chi connectivity index (χ1n) is 19.9. The van der Waals surface area contributed by atoms with Crippen molar-refractivity contribution in [1.29, 1.82) is 0 Å². The minimum absolute atomic E-state index is 0.00883. The zero-order chi connectivity index (χ0) is 38.1. The second-order valence-corrected chi connectivity index (χ2v) is 18.9. The molecule has 4 aliphatic rings. The molecule has 3 fully saturated rings. The van der Waals surface area contributed by atoms with E-state index in [2.05, 4.69) is 53.2 Å². The summed E-state index contributed by atoms with van der Waals surface area (Å²) in [6.07, 6.45) is 13.8. The molecule has 8 rings (SSSR count). The van der Waals surface area contributed by atoms with Crippen molar-refractivity contribution >= 4 is 44.4 Å². The normalized spacial score (nSPS) is 21.6. The predicted molar refractivity (Wildman–Crippen MR) is 213 cm³/mol. The van der Waals surface area contributed by atoms with Crippen LogP contribution in [0, 0.1) is 5.92 Å². The van der Waals surface area contributed by atoms with Gasteiger partial charge >= 0.3 is 0 Å². The highest BCUT2D eigenvalue weighted by molar-refractivity contribution is 7.90. The zero-order valence-electron chi connectivity index (χ0n) is 32.4. The summed E-state index contributed by atoms with van der Waals surface area (Å²) in [4.78, 5) is 30.5. The number of nitrogens with one attached hydrogen (secondary N) is 1. The Balaban J connectivity index is 1.34. The van der Waals surface area contributed by atoms with Crippen LogP contribution < -0.4 is 9.46 Å². The molecule has 2 bridgehead atoms. The number of sulfonamides is 1. The Hall–Kier alpha value is -4.38.